The Bertz CT molecular complexity index is 644. The van der Waals surface area contributed by atoms with Crippen molar-refractivity contribution in [2.45, 2.75) is 0 Å². The summed E-state index contributed by atoms with van der Waals surface area (Å²) >= 11 is 0. The van der Waals surface area contributed by atoms with E-state index in [-0.39, 0.29) is 6.15 Å². The van der Waals surface area contributed by atoms with Crippen LogP contribution in [0.5, 0.6) is 0 Å². The van der Waals surface area contributed by atoms with Crippen molar-refractivity contribution in [3.8, 4) is 0 Å². The average Bonchev–Trinajstić information content (AvgIpc) is 3.32. The molecule has 0 fully saturated rings. The molecule has 0 radical (unpaired) electrons. The standard InChI is InChI=1S/C16H12BO4.H3N/c1-5-13(18-9-1)17(14-6-2-10-19-14,15-7-3-11-20-15)16-8-4-12-21-16;/h1-12H;1H3/q-1;/p+1. The third-order valence-corrected chi connectivity index (χ3v) is 3.88. The summed E-state index contributed by atoms with van der Waals surface area (Å²) in [6, 6.07) is 15.0. The van der Waals surface area contributed by atoms with Crippen molar-refractivity contribution in [2.75, 3.05) is 0 Å². The van der Waals surface area contributed by atoms with Crippen LogP contribution in [0, 0.1) is 0 Å². The number of furan rings is 4. The number of quaternary nitrogens is 1. The fraction of sp³-hybridized carbons (Fsp3) is 0. The highest BCUT2D eigenvalue weighted by atomic mass is 16.4. The van der Waals surface area contributed by atoms with Crippen LogP contribution in [0.3, 0.4) is 0 Å². The maximum atomic E-state index is 5.72. The van der Waals surface area contributed by atoms with Crippen LogP contribution < -0.4 is 28.8 Å². The molecule has 5 nitrogen and oxygen atoms in total. The first-order chi connectivity index (χ1) is 10.4. The molecule has 6 heteroatoms. The maximum absolute atomic E-state index is 5.72. The zero-order chi connectivity index (χ0) is 14.1. The molecule has 4 aromatic rings. The smallest absolute Gasteiger partial charge is 0.263 e. The highest BCUT2D eigenvalue weighted by molar-refractivity contribution is 7.17. The Labute approximate surface area is 127 Å². The summed E-state index contributed by atoms with van der Waals surface area (Å²) in [6.07, 6.45) is 4.84. The fourth-order valence-corrected chi connectivity index (χ4v) is 2.99. The molecule has 0 aliphatic carbocycles. The van der Waals surface area contributed by atoms with Gasteiger partial charge in [0.25, 0.3) is 6.15 Å². The van der Waals surface area contributed by atoms with E-state index in [4.69, 9.17) is 17.7 Å². The molecule has 4 heterocycles. The van der Waals surface area contributed by atoms with Gasteiger partial charge in [-0.25, -0.2) is 0 Å². The van der Waals surface area contributed by atoms with Crippen LogP contribution in [-0.4, -0.2) is 6.15 Å². The highest BCUT2D eigenvalue weighted by Crippen LogP contribution is 2.10. The van der Waals surface area contributed by atoms with Gasteiger partial charge in [-0.3, -0.25) is 0 Å². The maximum Gasteiger partial charge on any atom is 0.263 e. The van der Waals surface area contributed by atoms with Gasteiger partial charge in [-0.1, -0.05) is 24.3 Å². The van der Waals surface area contributed by atoms with Crippen molar-refractivity contribution >= 4 is 28.8 Å². The van der Waals surface area contributed by atoms with E-state index >= 15 is 0 Å². The van der Waals surface area contributed by atoms with Crippen LogP contribution in [0.25, 0.3) is 0 Å². The topological polar surface area (TPSA) is 89.1 Å². The molecular formula is C16H16BNO4. The summed E-state index contributed by atoms with van der Waals surface area (Å²) < 4.78 is 22.9. The molecule has 0 aromatic carbocycles. The summed E-state index contributed by atoms with van der Waals surface area (Å²) in [7, 11) is 0. The van der Waals surface area contributed by atoms with Crippen molar-refractivity contribution in [1.29, 1.82) is 0 Å². The number of rotatable bonds is 4. The lowest BCUT2D eigenvalue weighted by molar-refractivity contribution is 0.561. The van der Waals surface area contributed by atoms with E-state index in [2.05, 4.69) is 0 Å². The van der Waals surface area contributed by atoms with Crippen LogP contribution in [0.4, 0.5) is 0 Å². The Morgan fingerprint density at radius 2 is 0.773 bits per heavy atom. The summed E-state index contributed by atoms with van der Waals surface area (Å²) in [5.74, 6) is 0. The Morgan fingerprint density at radius 1 is 0.500 bits per heavy atom. The Hall–Kier alpha value is -2.86. The first kappa shape index (κ1) is 14.1. The molecule has 0 saturated heterocycles. The summed E-state index contributed by atoms with van der Waals surface area (Å²) in [5, 5.41) is 0. The fourth-order valence-electron chi connectivity index (χ4n) is 2.99. The van der Waals surface area contributed by atoms with Gasteiger partial charge in [0.1, 0.15) is 0 Å². The second kappa shape index (κ2) is 5.50. The highest BCUT2D eigenvalue weighted by Gasteiger charge is 2.42. The average molecular weight is 297 g/mol. The molecule has 0 amide bonds. The van der Waals surface area contributed by atoms with E-state index in [1.54, 1.807) is 25.1 Å². The van der Waals surface area contributed by atoms with Gasteiger partial charge in [0.15, 0.2) is 0 Å². The lowest BCUT2D eigenvalue weighted by Gasteiger charge is -2.32. The summed E-state index contributed by atoms with van der Waals surface area (Å²) in [6.45, 7) is 0. The monoisotopic (exact) mass is 297 g/mol. The molecule has 4 rings (SSSR count). The zero-order valence-corrected chi connectivity index (χ0v) is 12.1. The first-order valence-corrected chi connectivity index (χ1v) is 6.74. The molecule has 0 aliphatic heterocycles. The number of hydrogen-bond donors (Lipinski definition) is 1. The normalized spacial score (nSPS) is 11.3. The third kappa shape index (κ3) is 1.85. The van der Waals surface area contributed by atoms with Gasteiger partial charge in [-0.2, -0.15) is 0 Å². The minimum absolute atomic E-state index is 0. The minimum Gasteiger partial charge on any atom is -0.509 e. The van der Waals surface area contributed by atoms with Crippen molar-refractivity contribution < 1.29 is 17.7 Å². The number of hydrogen-bond acceptors (Lipinski definition) is 4. The molecule has 0 atom stereocenters. The van der Waals surface area contributed by atoms with Gasteiger partial charge >= 0.3 is 0 Å². The molecular weight excluding hydrogens is 281 g/mol. The molecule has 22 heavy (non-hydrogen) atoms. The largest absolute Gasteiger partial charge is 0.509 e. The lowest BCUT2D eigenvalue weighted by atomic mass is 9.19. The van der Waals surface area contributed by atoms with Crippen molar-refractivity contribution in [2.24, 2.45) is 0 Å². The van der Waals surface area contributed by atoms with E-state index < -0.39 is 6.15 Å². The summed E-state index contributed by atoms with van der Waals surface area (Å²) in [4.78, 5) is 0. The predicted molar refractivity (Wildman–Crippen MR) is 85.1 cm³/mol. The van der Waals surface area contributed by atoms with Gasteiger partial charge in [0.05, 0.1) is 25.1 Å². The molecule has 0 unspecified atom stereocenters. The molecule has 4 aromatic heterocycles. The van der Waals surface area contributed by atoms with Crippen molar-refractivity contribution in [3.63, 3.8) is 0 Å². The zero-order valence-electron chi connectivity index (χ0n) is 12.1. The molecule has 0 saturated carbocycles. The van der Waals surface area contributed by atoms with Gasteiger partial charge in [-0.15, -0.1) is 0 Å². The second-order valence-electron chi connectivity index (χ2n) is 4.93. The van der Waals surface area contributed by atoms with Crippen molar-refractivity contribution in [1.82, 2.24) is 6.15 Å². The van der Waals surface area contributed by atoms with Crippen LogP contribution in [0.15, 0.2) is 91.3 Å². The van der Waals surface area contributed by atoms with Crippen LogP contribution in [-0.2, 0) is 0 Å². The van der Waals surface area contributed by atoms with E-state index in [1.807, 2.05) is 48.5 Å². The van der Waals surface area contributed by atoms with Crippen LogP contribution in [0.2, 0.25) is 0 Å². The predicted octanol–water partition coefficient (Wildman–Crippen LogP) is 1.81. The van der Waals surface area contributed by atoms with Crippen molar-refractivity contribution in [3.05, 3.63) is 73.6 Å². The Kier molecular flexibility index (Phi) is 3.52. The summed E-state index contributed by atoms with van der Waals surface area (Å²) in [5.41, 5.74) is 2.93. The van der Waals surface area contributed by atoms with Crippen LogP contribution in [0.1, 0.15) is 0 Å². The quantitative estimate of drug-likeness (QED) is 0.582. The van der Waals surface area contributed by atoms with Crippen LogP contribution >= 0.6 is 0 Å². The van der Waals surface area contributed by atoms with Gasteiger partial charge in [-0.05, 0) is 46.9 Å². The van der Waals surface area contributed by atoms with E-state index in [9.17, 15) is 0 Å². The molecule has 0 aliphatic rings. The minimum atomic E-state index is -1.72. The van der Waals surface area contributed by atoms with E-state index in [1.165, 1.54) is 0 Å². The van der Waals surface area contributed by atoms with Gasteiger partial charge < -0.3 is 23.8 Å². The van der Waals surface area contributed by atoms with E-state index in [0.29, 0.717) is 0 Å². The third-order valence-electron chi connectivity index (χ3n) is 3.88. The SMILES string of the molecule is [NH4+].c1coc([B-](c2ccco2)(c2ccco2)c2ccco2)c1. The lowest BCUT2D eigenvalue weighted by Crippen LogP contribution is -2.73. The van der Waals surface area contributed by atoms with Gasteiger partial charge in [0, 0.05) is 0 Å². The van der Waals surface area contributed by atoms with E-state index in [0.717, 1.165) is 22.6 Å². The first-order valence-electron chi connectivity index (χ1n) is 6.74. The molecule has 0 spiro atoms. The molecule has 112 valence electrons. The molecule has 4 N–H and O–H groups in total. The molecule has 0 bridgehead atoms. The second-order valence-corrected chi connectivity index (χ2v) is 4.93. The Balaban J connectivity index is 0.00000144. The Morgan fingerprint density at radius 3 is 0.955 bits per heavy atom. The van der Waals surface area contributed by atoms with Gasteiger partial charge in [0.2, 0.25) is 0 Å².